The van der Waals surface area contributed by atoms with Crippen molar-refractivity contribution in [2.24, 2.45) is 4.99 Å². The first kappa shape index (κ1) is 22.0. The van der Waals surface area contributed by atoms with E-state index in [2.05, 4.69) is 21.9 Å². The van der Waals surface area contributed by atoms with Gasteiger partial charge in [-0.25, -0.2) is 13.4 Å². The molecule has 0 unspecified atom stereocenters. The molecule has 9 heteroatoms. The summed E-state index contributed by atoms with van der Waals surface area (Å²) in [6.07, 6.45) is 2.07. The lowest BCUT2D eigenvalue weighted by Crippen LogP contribution is -2.41. The third kappa shape index (κ3) is 7.33. The van der Waals surface area contributed by atoms with E-state index in [0.29, 0.717) is 32.8 Å². The van der Waals surface area contributed by atoms with Crippen molar-refractivity contribution in [2.45, 2.75) is 19.2 Å². The molecule has 1 aromatic carbocycles. The van der Waals surface area contributed by atoms with Gasteiger partial charge in [0.15, 0.2) is 5.96 Å². The van der Waals surface area contributed by atoms with Crippen molar-refractivity contribution in [3.05, 3.63) is 35.4 Å². The van der Waals surface area contributed by atoms with Crippen LogP contribution in [0.2, 0.25) is 0 Å². The smallest absolute Gasteiger partial charge is 0.218 e. The molecule has 1 aliphatic rings. The average molecular weight is 415 g/mol. The maximum Gasteiger partial charge on any atom is 0.218 e. The van der Waals surface area contributed by atoms with Gasteiger partial charge >= 0.3 is 0 Å². The van der Waals surface area contributed by atoms with Crippen LogP contribution in [-0.2, 0) is 27.1 Å². The van der Waals surface area contributed by atoms with Gasteiger partial charge in [0.2, 0.25) is 10.0 Å². The van der Waals surface area contributed by atoms with Gasteiger partial charge in [0.25, 0.3) is 0 Å². The largest absolute Gasteiger partial charge is 0.379 e. The lowest BCUT2D eigenvalue weighted by molar-refractivity contribution is 0.0729. The van der Waals surface area contributed by atoms with Gasteiger partial charge in [-0.1, -0.05) is 24.3 Å². The number of morpholine rings is 1. The highest BCUT2D eigenvalue weighted by Gasteiger charge is 2.25. The Kier molecular flexibility index (Phi) is 9.40. The highest BCUT2D eigenvalue weighted by molar-refractivity contribution is 7.98. The fraction of sp³-hybridized carbons (Fsp3) is 0.611. The second-order valence-corrected chi connectivity index (χ2v) is 9.11. The zero-order valence-electron chi connectivity index (χ0n) is 16.1. The molecular weight excluding hydrogens is 384 g/mol. The number of hydrogen-bond acceptors (Lipinski definition) is 5. The van der Waals surface area contributed by atoms with Gasteiger partial charge in [0.1, 0.15) is 0 Å². The third-order valence-electron chi connectivity index (χ3n) is 4.17. The van der Waals surface area contributed by atoms with Crippen LogP contribution < -0.4 is 10.6 Å². The molecule has 0 aromatic heterocycles. The summed E-state index contributed by atoms with van der Waals surface area (Å²) in [7, 11) is -3.35. The van der Waals surface area contributed by atoms with Crippen LogP contribution >= 0.6 is 11.8 Å². The molecule has 2 rings (SSSR count). The van der Waals surface area contributed by atoms with Crippen LogP contribution in [0, 0.1) is 0 Å². The number of nitrogens with one attached hydrogen (secondary N) is 2. The quantitative estimate of drug-likeness (QED) is 0.360. The molecule has 1 saturated heterocycles. The summed E-state index contributed by atoms with van der Waals surface area (Å²) in [6, 6.07) is 7.61. The van der Waals surface area contributed by atoms with Gasteiger partial charge in [-0.2, -0.15) is 16.1 Å². The van der Waals surface area contributed by atoms with Gasteiger partial charge < -0.3 is 15.4 Å². The molecule has 7 nitrogen and oxygen atoms in total. The molecule has 152 valence electrons. The monoisotopic (exact) mass is 414 g/mol. The molecule has 1 heterocycles. The van der Waals surface area contributed by atoms with E-state index < -0.39 is 10.0 Å². The molecule has 0 saturated carbocycles. The van der Waals surface area contributed by atoms with Crippen molar-refractivity contribution in [1.29, 1.82) is 0 Å². The van der Waals surface area contributed by atoms with Crippen LogP contribution in [0.5, 0.6) is 0 Å². The van der Waals surface area contributed by atoms with Crippen LogP contribution in [0.4, 0.5) is 0 Å². The Morgan fingerprint density at radius 2 is 1.93 bits per heavy atom. The Morgan fingerprint density at radius 3 is 2.59 bits per heavy atom. The zero-order chi connectivity index (χ0) is 19.5. The van der Waals surface area contributed by atoms with E-state index in [9.17, 15) is 8.42 Å². The Balaban J connectivity index is 2.08. The molecule has 27 heavy (non-hydrogen) atoms. The van der Waals surface area contributed by atoms with E-state index in [1.165, 1.54) is 4.31 Å². The Hall–Kier alpha value is -1.29. The first-order valence-corrected chi connectivity index (χ1v) is 12.2. The van der Waals surface area contributed by atoms with Gasteiger partial charge in [0, 0.05) is 31.9 Å². The highest BCUT2D eigenvalue weighted by Crippen LogP contribution is 2.17. The molecule has 0 aliphatic carbocycles. The fourth-order valence-corrected chi connectivity index (χ4v) is 4.61. The lowest BCUT2D eigenvalue weighted by Gasteiger charge is -2.26. The fourth-order valence-electron chi connectivity index (χ4n) is 2.74. The van der Waals surface area contributed by atoms with E-state index in [1.54, 1.807) is 11.8 Å². The molecule has 0 bridgehead atoms. The number of nitrogens with zero attached hydrogens (tertiary/aromatic N) is 2. The summed E-state index contributed by atoms with van der Waals surface area (Å²) in [5.74, 6) is 1.74. The summed E-state index contributed by atoms with van der Waals surface area (Å²) in [5, 5.41) is 6.51. The normalized spacial score (nSPS) is 16.3. The van der Waals surface area contributed by atoms with Crippen molar-refractivity contribution in [3.8, 4) is 0 Å². The van der Waals surface area contributed by atoms with Crippen LogP contribution in [0.15, 0.2) is 29.3 Å². The topological polar surface area (TPSA) is 83.0 Å². The maximum atomic E-state index is 12.7. The molecule has 1 fully saturated rings. The Morgan fingerprint density at radius 1 is 1.22 bits per heavy atom. The van der Waals surface area contributed by atoms with E-state index in [0.717, 1.165) is 35.9 Å². The first-order valence-electron chi connectivity index (χ1n) is 9.20. The zero-order valence-corrected chi connectivity index (χ0v) is 17.7. The summed E-state index contributed by atoms with van der Waals surface area (Å²) >= 11 is 1.77. The molecule has 0 radical (unpaired) electrons. The number of sulfonamides is 1. The van der Waals surface area contributed by atoms with Gasteiger partial charge in [-0.15, -0.1) is 0 Å². The summed E-state index contributed by atoms with van der Waals surface area (Å²) in [5.41, 5.74) is 1.73. The molecule has 2 N–H and O–H groups in total. The highest BCUT2D eigenvalue weighted by atomic mass is 32.2. The van der Waals surface area contributed by atoms with Crippen LogP contribution in [0.3, 0.4) is 0 Å². The van der Waals surface area contributed by atoms with E-state index in [1.807, 2.05) is 31.2 Å². The van der Waals surface area contributed by atoms with Crippen molar-refractivity contribution in [3.63, 3.8) is 0 Å². The molecular formula is C18H30N4O3S2. The van der Waals surface area contributed by atoms with Crippen LogP contribution in [0.25, 0.3) is 0 Å². The average Bonchev–Trinajstić information content (AvgIpc) is 2.68. The van der Waals surface area contributed by atoms with Gasteiger partial charge in [0.05, 0.1) is 25.5 Å². The third-order valence-corrected chi connectivity index (χ3v) is 6.61. The standard InChI is InChI=1S/C18H30N4O3S2/c1-3-19-18(20-8-13-26-2)21-14-16-6-4-5-7-17(16)15-27(23,24)22-9-11-25-12-10-22/h4-7H,3,8-15H2,1-2H3,(H2,19,20,21). The number of rotatable bonds is 9. The first-order chi connectivity index (χ1) is 13.1. The second kappa shape index (κ2) is 11.5. The Bertz CT molecular complexity index is 704. The Labute approximate surface area is 167 Å². The van der Waals surface area contributed by atoms with Crippen molar-refractivity contribution in [1.82, 2.24) is 14.9 Å². The minimum atomic E-state index is -3.35. The van der Waals surface area contributed by atoms with E-state index in [4.69, 9.17) is 4.74 Å². The summed E-state index contributed by atoms with van der Waals surface area (Å²) < 4.78 is 32.2. The lowest BCUT2D eigenvalue weighted by atomic mass is 10.1. The molecule has 1 aliphatic heterocycles. The number of ether oxygens (including phenoxy) is 1. The number of hydrogen-bond donors (Lipinski definition) is 2. The van der Waals surface area contributed by atoms with Crippen molar-refractivity contribution >= 4 is 27.7 Å². The maximum absolute atomic E-state index is 12.7. The van der Waals surface area contributed by atoms with Gasteiger partial charge in [-0.05, 0) is 24.3 Å². The van der Waals surface area contributed by atoms with Crippen molar-refractivity contribution < 1.29 is 13.2 Å². The number of guanidine groups is 1. The number of aliphatic imine (C=N–C) groups is 1. The SMILES string of the molecule is CCNC(=NCc1ccccc1CS(=O)(=O)N1CCOCC1)NCCSC. The minimum absolute atomic E-state index is 0.00483. The minimum Gasteiger partial charge on any atom is -0.379 e. The molecule has 0 amide bonds. The van der Waals surface area contributed by atoms with Crippen LogP contribution in [0.1, 0.15) is 18.1 Å². The predicted molar refractivity (Wildman–Crippen MR) is 113 cm³/mol. The van der Waals surface area contributed by atoms with E-state index >= 15 is 0 Å². The van der Waals surface area contributed by atoms with Crippen LogP contribution in [-0.4, -0.2) is 70.1 Å². The van der Waals surface area contributed by atoms with Crippen molar-refractivity contribution in [2.75, 3.05) is 51.4 Å². The molecule has 1 aromatic rings. The molecule has 0 atom stereocenters. The number of thioether (sulfide) groups is 1. The summed E-state index contributed by atoms with van der Waals surface area (Å²) in [6.45, 7) is 5.83. The number of benzene rings is 1. The second-order valence-electron chi connectivity index (χ2n) is 6.15. The molecule has 0 spiro atoms. The summed E-state index contributed by atoms with van der Waals surface area (Å²) in [4.78, 5) is 4.62. The van der Waals surface area contributed by atoms with E-state index in [-0.39, 0.29) is 5.75 Å². The predicted octanol–water partition coefficient (Wildman–Crippen LogP) is 1.27. The van der Waals surface area contributed by atoms with Gasteiger partial charge in [-0.3, -0.25) is 0 Å².